The van der Waals surface area contributed by atoms with E-state index in [4.69, 9.17) is 16.6 Å². The number of rotatable bonds is 5. The molecule has 168 valence electrons. The number of nitrogens with zero attached hydrogens (tertiary/aromatic N) is 2. The molecular formula is C27H20ClN3O2S. The number of aryl methyl sites for hydroxylation is 1. The van der Waals surface area contributed by atoms with Gasteiger partial charge in [-0.05, 0) is 42.8 Å². The topological polar surface area (TPSA) is 75.7 Å². The molecule has 0 spiro atoms. The fraction of sp³-hybridized carbons (Fsp3) is 0.0741. The van der Waals surface area contributed by atoms with Crippen LogP contribution in [-0.2, 0) is 16.6 Å². The summed E-state index contributed by atoms with van der Waals surface area (Å²) in [6.45, 7) is 1.87. The van der Waals surface area contributed by atoms with Crippen molar-refractivity contribution in [1.29, 1.82) is 0 Å². The number of halogens is 1. The van der Waals surface area contributed by atoms with E-state index in [0.29, 0.717) is 26.6 Å². The normalized spacial score (nSPS) is 12.1. The van der Waals surface area contributed by atoms with E-state index >= 15 is 0 Å². The van der Waals surface area contributed by atoms with Gasteiger partial charge in [-0.1, -0.05) is 60.1 Å². The Morgan fingerprint density at radius 1 is 0.912 bits per heavy atom. The first kappa shape index (κ1) is 22.2. The molecule has 0 aliphatic carbocycles. The third kappa shape index (κ3) is 4.42. The smallest absolute Gasteiger partial charge is 0.195 e. The Balaban J connectivity index is 1.69. The van der Waals surface area contributed by atoms with Gasteiger partial charge in [-0.25, -0.2) is 9.97 Å². The van der Waals surface area contributed by atoms with Crippen LogP contribution < -0.4 is 5.43 Å². The summed E-state index contributed by atoms with van der Waals surface area (Å²) in [5.41, 5.74) is 4.73. The first-order valence-electron chi connectivity index (χ1n) is 10.7. The van der Waals surface area contributed by atoms with Crippen LogP contribution in [0.4, 0.5) is 0 Å². The van der Waals surface area contributed by atoms with Gasteiger partial charge in [0.05, 0.1) is 27.6 Å². The zero-order chi connectivity index (χ0) is 23.7. The van der Waals surface area contributed by atoms with Crippen molar-refractivity contribution >= 4 is 33.4 Å². The number of pyridine rings is 3. The minimum atomic E-state index is -1.34. The van der Waals surface area contributed by atoms with E-state index in [0.717, 1.165) is 28.1 Å². The lowest BCUT2D eigenvalue weighted by atomic mass is 9.98. The van der Waals surface area contributed by atoms with Crippen molar-refractivity contribution in [3.05, 3.63) is 112 Å². The van der Waals surface area contributed by atoms with Crippen molar-refractivity contribution in [2.45, 2.75) is 17.6 Å². The summed E-state index contributed by atoms with van der Waals surface area (Å²) in [4.78, 5) is 26.3. The van der Waals surface area contributed by atoms with Gasteiger partial charge in [0.25, 0.3) is 0 Å². The highest BCUT2D eigenvalue weighted by Crippen LogP contribution is 2.33. The van der Waals surface area contributed by atoms with Crippen LogP contribution in [0.15, 0.2) is 94.7 Å². The van der Waals surface area contributed by atoms with E-state index in [1.807, 2.05) is 67.6 Å². The maximum atomic E-state index is 13.4. The Bertz CT molecular complexity index is 1560. The predicted octanol–water partition coefficient (Wildman–Crippen LogP) is 5.92. The zero-order valence-electron chi connectivity index (χ0n) is 18.3. The number of hydrogen-bond donors (Lipinski definition) is 1. The van der Waals surface area contributed by atoms with Gasteiger partial charge in [0.15, 0.2) is 5.43 Å². The van der Waals surface area contributed by atoms with Crippen LogP contribution >= 0.6 is 11.6 Å². The predicted molar refractivity (Wildman–Crippen MR) is 137 cm³/mol. The molecule has 3 heterocycles. The summed E-state index contributed by atoms with van der Waals surface area (Å²) in [7, 11) is -1.34. The summed E-state index contributed by atoms with van der Waals surface area (Å²) in [5.74, 6) is 0.116. The Kier molecular flexibility index (Phi) is 6.09. The number of nitrogens with one attached hydrogen (secondary N) is 1. The molecule has 0 radical (unpaired) electrons. The third-order valence-electron chi connectivity index (χ3n) is 5.51. The van der Waals surface area contributed by atoms with Gasteiger partial charge < -0.3 is 4.98 Å². The van der Waals surface area contributed by atoms with Crippen molar-refractivity contribution in [2.24, 2.45) is 0 Å². The highest BCUT2D eigenvalue weighted by molar-refractivity contribution is 7.84. The minimum absolute atomic E-state index is 0.116. The molecule has 1 atom stereocenters. The second kappa shape index (κ2) is 9.33. The molecular weight excluding hydrogens is 466 g/mol. The summed E-state index contributed by atoms with van der Waals surface area (Å²) in [6.07, 6.45) is 1.61. The van der Waals surface area contributed by atoms with Crippen LogP contribution in [0.2, 0.25) is 5.15 Å². The molecule has 0 aliphatic rings. The van der Waals surface area contributed by atoms with Gasteiger partial charge in [-0.3, -0.25) is 9.00 Å². The highest BCUT2D eigenvalue weighted by Gasteiger charge is 2.17. The second-order valence-corrected chi connectivity index (χ2v) is 9.75. The van der Waals surface area contributed by atoms with Gasteiger partial charge in [0, 0.05) is 33.5 Å². The monoisotopic (exact) mass is 485 g/mol. The molecule has 0 saturated heterocycles. The van der Waals surface area contributed by atoms with Gasteiger partial charge >= 0.3 is 0 Å². The number of aromatic amines is 1. The molecule has 34 heavy (non-hydrogen) atoms. The highest BCUT2D eigenvalue weighted by atomic mass is 35.5. The summed E-state index contributed by atoms with van der Waals surface area (Å²) >= 11 is 6.26. The van der Waals surface area contributed by atoms with E-state index in [9.17, 15) is 9.00 Å². The van der Waals surface area contributed by atoms with Crippen molar-refractivity contribution in [1.82, 2.24) is 15.0 Å². The Hall–Kier alpha value is -3.61. The van der Waals surface area contributed by atoms with Crippen molar-refractivity contribution in [3.8, 4) is 22.4 Å². The average Bonchev–Trinajstić information content (AvgIpc) is 2.85. The van der Waals surface area contributed by atoms with Crippen LogP contribution in [-0.4, -0.2) is 19.2 Å². The number of H-pyrrole nitrogens is 1. The van der Waals surface area contributed by atoms with Crippen LogP contribution in [0.5, 0.6) is 0 Å². The lowest BCUT2D eigenvalue weighted by molar-refractivity contribution is 0.682. The maximum Gasteiger partial charge on any atom is 0.195 e. The molecule has 1 N–H and O–H groups in total. The van der Waals surface area contributed by atoms with Crippen LogP contribution in [0.3, 0.4) is 0 Å². The van der Waals surface area contributed by atoms with Crippen LogP contribution in [0, 0.1) is 6.92 Å². The Labute approximate surface area is 204 Å². The van der Waals surface area contributed by atoms with E-state index in [1.54, 1.807) is 24.4 Å². The molecule has 0 bridgehead atoms. The first-order valence-corrected chi connectivity index (χ1v) is 12.4. The summed E-state index contributed by atoms with van der Waals surface area (Å²) < 4.78 is 12.8. The molecule has 0 amide bonds. The lowest BCUT2D eigenvalue weighted by Gasteiger charge is -2.13. The number of aromatic nitrogens is 3. The zero-order valence-corrected chi connectivity index (χ0v) is 19.9. The molecule has 2 aromatic carbocycles. The van der Waals surface area contributed by atoms with E-state index in [-0.39, 0.29) is 11.2 Å². The number of hydrogen-bond acceptors (Lipinski definition) is 4. The molecule has 1 unspecified atom stereocenters. The first-order chi connectivity index (χ1) is 16.5. The molecule has 0 saturated carbocycles. The van der Waals surface area contributed by atoms with Crippen molar-refractivity contribution in [3.63, 3.8) is 0 Å². The fourth-order valence-electron chi connectivity index (χ4n) is 3.91. The summed E-state index contributed by atoms with van der Waals surface area (Å²) in [6, 6.07) is 24.4. The maximum absolute atomic E-state index is 13.4. The van der Waals surface area contributed by atoms with Gasteiger partial charge in [-0.2, -0.15) is 0 Å². The second-order valence-electron chi connectivity index (χ2n) is 7.91. The number of benzene rings is 2. The van der Waals surface area contributed by atoms with E-state index < -0.39 is 10.8 Å². The molecule has 0 aliphatic heterocycles. The standard InChI is InChI=1S/C27H20ClN3O2S/c1-17-12-19(13-24(28)30-17)22-14-23-26(32)20(16-34(33)21-10-6-3-7-11-21)15-29-27(23)31-25(22)18-8-4-2-5-9-18/h2-15H,16H2,1H3,(H,29,31,32). The largest absolute Gasteiger partial charge is 0.346 e. The molecule has 3 aromatic heterocycles. The van der Waals surface area contributed by atoms with Crippen LogP contribution in [0.25, 0.3) is 33.4 Å². The molecule has 5 nitrogen and oxygen atoms in total. The Morgan fingerprint density at radius 2 is 1.62 bits per heavy atom. The van der Waals surface area contributed by atoms with Gasteiger partial charge in [0.2, 0.25) is 0 Å². The average molecular weight is 486 g/mol. The lowest BCUT2D eigenvalue weighted by Crippen LogP contribution is -2.13. The van der Waals surface area contributed by atoms with Gasteiger partial charge in [-0.15, -0.1) is 0 Å². The van der Waals surface area contributed by atoms with Crippen molar-refractivity contribution in [2.75, 3.05) is 0 Å². The van der Waals surface area contributed by atoms with Crippen molar-refractivity contribution < 1.29 is 4.21 Å². The quantitative estimate of drug-likeness (QED) is 0.313. The molecule has 5 rings (SSSR count). The van der Waals surface area contributed by atoms with Crippen LogP contribution in [0.1, 0.15) is 11.3 Å². The minimum Gasteiger partial charge on any atom is -0.346 e. The number of fused-ring (bicyclic) bond motifs is 1. The third-order valence-corrected chi connectivity index (χ3v) is 7.08. The molecule has 7 heteroatoms. The summed E-state index contributed by atoms with van der Waals surface area (Å²) in [5, 5.41) is 0.804. The molecule has 5 aromatic rings. The SMILES string of the molecule is Cc1cc(-c2cc3c(=O)c(CS(=O)c4ccccc4)c[nH]c3nc2-c2ccccc2)cc(Cl)n1. The molecule has 0 fully saturated rings. The van der Waals surface area contributed by atoms with Gasteiger partial charge in [0.1, 0.15) is 10.8 Å². The fourth-order valence-corrected chi connectivity index (χ4v) is 5.29. The Morgan fingerprint density at radius 3 is 2.32 bits per heavy atom. The van der Waals surface area contributed by atoms with E-state index in [1.165, 1.54) is 0 Å². The van der Waals surface area contributed by atoms with E-state index in [2.05, 4.69) is 9.97 Å².